The van der Waals surface area contributed by atoms with Gasteiger partial charge in [0, 0.05) is 24.5 Å². The van der Waals surface area contributed by atoms with E-state index in [1.165, 1.54) is 0 Å². The predicted octanol–water partition coefficient (Wildman–Crippen LogP) is 1.51. The van der Waals surface area contributed by atoms with Gasteiger partial charge in [-0.1, -0.05) is 0 Å². The van der Waals surface area contributed by atoms with Crippen LogP contribution in [0.25, 0.3) is 11.0 Å². The Morgan fingerprint density at radius 1 is 1.33 bits per heavy atom. The lowest BCUT2D eigenvalue weighted by atomic mass is 10.2. The molecular weight excluding hydrogens is 270 g/mol. The number of hydrogen-bond acceptors (Lipinski definition) is 5. The minimum Gasteiger partial charge on any atom is -0.349 e. The molecular formula is C15H17N3O3. The molecule has 0 saturated carbocycles. The molecule has 0 spiro atoms. The van der Waals surface area contributed by atoms with E-state index >= 15 is 0 Å². The van der Waals surface area contributed by atoms with Crippen LogP contribution in [-0.4, -0.2) is 40.9 Å². The Bertz CT molecular complexity index is 672. The molecule has 6 heteroatoms. The largest absolute Gasteiger partial charge is 0.349 e. The smallest absolute Gasteiger partial charge is 0.251 e. The molecule has 0 radical (unpaired) electrons. The van der Waals surface area contributed by atoms with Gasteiger partial charge < -0.3 is 14.8 Å². The summed E-state index contributed by atoms with van der Waals surface area (Å²) in [6, 6.07) is 5.26. The number of aromatic nitrogens is 2. The molecule has 0 aliphatic carbocycles. The molecule has 1 unspecified atom stereocenters. The second-order valence-corrected chi connectivity index (χ2v) is 5.42. The van der Waals surface area contributed by atoms with E-state index in [4.69, 9.17) is 9.47 Å². The van der Waals surface area contributed by atoms with Crippen molar-refractivity contribution in [3.63, 3.8) is 0 Å². The van der Waals surface area contributed by atoms with Crippen molar-refractivity contribution in [3.8, 4) is 0 Å². The standard InChI is InChI=1S/C15H17N3O3/c1-15(2)20-9-11(21-15)8-18-14(19)10-3-4-12-13(7-10)17-6-5-16-12/h3-7,11H,8-9H2,1-2H3,(H,18,19). The summed E-state index contributed by atoms with van der Waals surface area (Å²) in [7, 11) is 0. The predicted molar refractivity (Wildman–Crippen MR) is 76.8 cm³/mol. The molecule has 1 aromatic heterocycles. The van der Waals surface area contributed by atoms with Gasteiger partial charge in [0.05, 0.1) is 17.6 Å². The van der Waals surface area contributed by atoms with Crippen LogP contribution in [0, 0.1) is 0 Å². The van der Waals surface area contributed by atoms with Crippen molar-refractivity contribution < 1.29 is 14.3 Å². The van der Waals surface area contributed by atoms with E-state index in [0.717, 1.165) is 5.52 Å². The Balaban J connectivity index is 1.64. The maximum Gasteiger partial charge on any atom is 0.251 e. The molecule has 2 aromatic rings. The van der Waals surface area contributed by atoms with Crippen LogP contribution in [-0.2, 0) is 9.47 Å². The highest BCUT2D eigenvalue weighted by molar-refractivity contribution is 5.97. The summed E-state index contributed by atoms with van der Waals surface area (Å²) in [5, 5.41) is 2.85. The van der Waals surface area contributed by atoms with Gasteiger partial charge in [-0.25, -0.2) is 0 Å². The molecule has 1 N–H and O–H groups in total. The number of nitrogens with one attached hydrogen (secondary N) is 1. The van der Waals surface area contributed by atoms with Crippen LogP contribution in [0.2, 0.25) is 0 Å². The van der Waals surface area contributed by atoms with Crippen LogP contribution in [0.5, 0.6) is 0 Å². The molecule has 110 valence electrons. The van der Waals surface area contributed by atoms with Crippen LogP contribution in [0.3, 0.4) is 0 Å². The number of rotatable bonds is 3. The van der Waals surface area contributed by atoms with E-state index < -0.39 is 5.79 Å². The van der Waals surface area contributed by atoms with Gasteiger partial charge in [0.15, 0.2) is 5.79 Å². The SMILES string of the molecule is CC1(C)OCC(CNC(=O)c2ccc3nccnc3c2)O1. The van der Waals surface area contributed by atoms with Gasteiger partial charge in [0.25, 0.3) is 5.91 Å². The van der Waals surface area contributed by atoms with Gasteiger partial charge in [-0.15, -0.1) is 0 Å². The lowest BCUT2D eigenvalue weighted by Gasteiger charge is -2.17. The monoisotopic (exact) mass is 287 g/mol. The van der Waals surface area contributed by atoms with Crippen LogP contribution >= 0.6 is 0 Å². The van der Waals surface area contributed by atoms with Gasteiger partial charge in [-0.05, 0) is 32.0 Å². The van der Waals surface area contributed by atoms with Crippen LogP contribution in [0.4, 0.5) is 0 Å². The summed E-state index contributed by atoms with van der Waals surface area (Å²) in [6.07, 6.45) is 3.11. The number of carbonyl (C=O) groups is 1. The third-order valence-electron chi connectivity index (χ3n) is 3.29. The molecule has 6 nitrogen and oxygen atoms in total. The van der Waals surface area contributed by atoms with Crippen molar-refractivity contribution in [3.05, 3.63) is 36.2 Å². The Morgan fingerprint density at radius 2 is 2.10 bits per heavy atom. The van der Waals surface area contributed by atoms with E-state index in [2.05, 4.69) is 15.3 Å². The highest BCUT2D eigenvalue weighted by atomic mass is 16.7. The average Bonchev–Trinajstić information content (AvgIpc) is 2.83. The van der Waals surface area contributed by atoms with Crippen molar-refractivity contribution >= 4 is 16.9 Å². The molecule has 1 aliphatic heterocycles. The highest BCUT2D eigenvalue weighted by Gasteiger charge is 2.32. The minimum atomic E-state index is -0.575. The topological polar surface area (TPSA) is 73.3 Å². The fraction of sp³-hybridized carbons (Fsp3) is 0.400. The molecule has 3 rings (SSSR count). The van der Waals surface area contributed by atoms with E-state index in [1.54, 1.807) is 30.6 Å². The molecule has 1 atom stereocenters. The number of fused-ring (bicyclic) bond motifs is 1. The van der Waals surface area contributed by atoms with Crippen molar-refractivity contribution in [2.45, 2.75) is 25.7 Å². The first kappa shape index (κ1) is 13.9. The maximum absolute atomic E-state index is 12.2. The highest BCUT2D eigenvalue weighted by Crippen LogP contribution is 2.21. The van der Waals surface area contributed by atoms with Crippen molar-refractivity contribution in [1.82, 2.24) is 15.3 Å². The third kappa shape index (κ3) is 3.17. The van der Waals surface area contributed by atoms with Crippen LogP contribution in [0.15, 0.2) is 30.6 Å². The fourth-order valence-electron chi connectivity index (χ4n) is 2.28. The second kappa shape index (κ2) is 5.38. The first-order valence-corrected chi connectivity index (χ1v) is 6.84. The lowest BCUT2D eigenvalue weighted by Crippen LogP contribution is -2.34. The van der Waals surface area contributed by atoms with Crippen molar-refractivity contribution in [2.75, 3.05) is 13.2 Å². The Labute approximate surface area is 122 Å². The molecule has 1 fully saturated rings. The zero-order chi connectivity index (χ0) is 14.9. The summed E-state index contributed by atoms with van der Waals surface area (Å²) >= 11 is 0. The summed E-state index contributed by atoms with van der Waals surface area (Å²) in [5.41, 5.74) is 2.02. The first-order valence-electron chi connectivity index (χ1n) is 6.84. The van der Waals surface area contributed by atoms with Crippen LogP contribution in [0.1, 0.15) is 24.2 Å². The maximum atomic E-state index is 12.2. The molecule has 1 amide bonds. The second-order valence-electron chi connectivity index (χ2n) is 5.42. The Morgan fingerprint density at radius 3 is 2.81 bits per heavy atom. The summed E-state index contributed by atoms with van der Waals surface area (Å²) < 4.78 is 11.1. The Hall–Kier alpha value is -2.05. The number of benzene rings is 1. The van der Waals surface area contributed by atoms with Gasteiger partial charge in [0.2, 0.25) is 0 Å². The van der Waals surface area contributed by atoms with E-state index in [-0.39, 0.29) is 12.0 Å². The van der Waals surface area contributed by atoms with Crippen molar-refractivity contribution in [1.29, 1.82) is 0 Å². The van der Waals surface area contributed by atoms with Crippen molar-refractivity contribution in [2.24, 2.45) is 0 Å². The quantitative estimate of drug-likeness (QED) is 0.926. The van der Waals surface area contributed by atoms with E-state index in [1.807, 2.05) is 13.8 Å². The van der Waals surface area contributed by atoms with E-state index in [9.17, 15) is 4.79 Å². The molecule has 1 saturated heterocycles. The normalized spacial score (nSPS) is 20.6. The fourth-order valence-corrected chi connectivity index (χ4v) is 2.28. The zero-order valence-corrected chi connectivity index (χ0v) is 12.0. The molecule has 1 aromatic carbocycles. The Kier molecular flexibility index (Phi) is 3.57. The summed E-state index contributed by atoms with van der Waals surface area (Å²) in [4.78, 5) is 20.5. The van der Waals surface area contributed by atoms with Gasteiger partial charge in [0.1, 0.15) is 6.10 Å². The first-order chi connectivity index (χ1) is 10.0. The summed E-state index contributed by atoms with van der Waals surface area (Å²) in [5.74, 6) is -0.732. The minimum absolute atomic E-state index is 0.121. The molecule has 1 aliphatic rings. The third-order valence-corrected chi connectivity index (χ3v) is 3.29. The van der Waals surface area contributed by atoms with Gasteiger partial charge in [-0.3, -0.25) is 14.8 Å². The van der Waals surface area contributed by atoms with Gasteiger partial charge >= 0.3 is 0 Å². The lowest BCUT2D eigenvalue weighted by molar-refractivity contribution is -0.137. The summed E-state index contributed by atoms with van der Waals surface area (Å²) in [6.45, 7) is 4.62. The van der Waals surface area contributed by atoms with Gasteiger partial charge in [-0.2, -0.15) is 0 Å². The molecule has 21 heavy (non-hydrogen) atoms. The zero-order valence-electron chi connectivity index (χ0n) is 12.0. The number of carbonyl (C=O) groups excluding carboxylic acids is 1. The van der Waals surface area contributed by atoms with E-state index in [0.29, 0.717) is 24.2 Å². The number of amides is 1. The molecule has 2 heterocycles. The number of hydrogen-bond donors (Lipinski definition) is 1. The van der Waals surface area contributed by atoms with Crippen LogP contribution < -0.4 is 5.32 Å². The average molecular weight is 287 g/mol. The molecule has 0 bridgehead atoms. The number of ether oxygens (including phenoxy) is 2. The number of nitrogens with zero attached hydrogens (tertiary/aromatic N) is 2.